The van der Waals surface area contributed by atoms with Gasteiger partial charge in [-0.3, -0.25) is 0 Å². The molecule has 1 aromatic carbocycles. The van der Waals surface area contributed by atoms with Crippen LogP contribution >= 0.6 is 0 Å². The lowest BCUT2D eigenvalue weighted by molar-refractivity contribution is 0.0172. The Kier molecular flexibility index (Phi) is 2.08. The molecule has 1 unspecified atom stereocenters. The maximum Gasteiger partial charge on any atom is 0.147 e. The minimum atomic E-state index is -0.863. The fourth-order valence-electron chi connectivity index (χ4n) is 2.71. The summed E-state index contributed by atoms with van der Waals surface area (Å²) < 4.78 is 5.55. The van der Waals surface area contributed by atoms with Crippen molar-refractivity contribution in [2.45, 2.75) is 31.8 Å². The number of hydrogen-bond donors (Lipinski definition) is 1. The summed E-state index contributed by atoms with van der Waals surface area (Å²) in [6.07, 6.45) is 4.63. The minimum absolute atomic E-state index is 0.707. The van der Waals surface area contributed by atoms with Crippen molar-refractivity contribution in [3.05, 3.63) is 46.7 Å². The van der Waals surface area contributed by atoms with Gasteiger partial charge in [-0.15, -0.1) is 0 Å². The van der Waals surface area contributed by atoms with Gasteiger partial charge in [0.15, 0.2) is 0 Å². The van der Waals surface area contributed by atoms with Crippen molar-refractivity contribution >= 4 is 0 Å². The molecule has 1 aliphatic heterocycles. The molecule has 0 saturated carbocycles. The van der Waals surface area contributed by atoms with Gasteiger partial charge in [0.05, 0.1) is 6.61 Å². The van der Waals surface area contributed by atoms with E-state index in [0.717, 1.165) is 30.6 Å². The van der Waals surface area contributed by atoms with Crippen LogP contribution in [0.3, 0.4) is 0 Å². The highest BCUT2D eigenvalue weighted by atomic mass is 16.5. The molecule has 84 valence electrons. The van der Waals surface area contributed by atoms with Crippen LogP contribution in [0.15, 0.2) is 30.0 Å². The summed E-state index contributed by atoms with van der Waals surface area (Å²) in [7, 11) is 0. The fourth-order valence-corrected chi connectivity index (χ4v) is 2.71. The molecule has 1 heterocycles. The number of aliphatic hydroxyl groups is 1. The molecule has 0 fully saturated rings. The van der Waals surface area contributed by atoms with Crippen molar-refractivity contribution in [2.24, 2.45) is 0 Å². The van der Waals surface area contributed by atoms with E-state index in [2.05, 4.69) is 25.1 Å². The zero-order valence-corrected chi connectivity index (χ0v) is 9.49. The van der Waals surface area contributed by atoms with Crippen molar-refractivity contribution in [1.82, 2.24) is 0 Å². The summed E-state index contributed by atoms with van der Waals surface area (Å²) in [6, 6.07) is 6.32. The van der Waals surface area contributed by atoms with Gasteiger partial charge in [0, 0.05) is 6.42 Å². The van der Waals surface area contributed by atoms with Crippen molar-refractivity contribution in [2.75, 3.05) is 6.61 Å². The molecule has 0 radical (unpaired) electrons. The lowest BCUT2D eigenvalue weighted by Crippen LogP contribution is -2.25. The van der Waals surface area contributed by atoms with Gasteiger partial charge >= 0.3 is 0 Å². The van der Waals surface area contributed by atoms with Crippen LogP contribution in [-0.2, 0) is 16.8 Å². The van der Waals surface area contributed by atoms with Crippen molar-refractivity contribution in [1.29, 1.82) is 0 Å². The molecule has 3 rings (SSSR count). The van der Waals surface area contributed by atoms with Crippen LogP contribution < -0.4 is 0 Å². The third-order valence-electron chi connectivity index (χ3n) is 3.58. The molecule has 0 amide bonds. The van der Waals surface area contributed by atoms with Crippen LogP contribution in [0.1, 0.15) is 29.5 Å². The first kappa shape index (κ1) is 9.91. The highest BCUT2D eigenvalue weighted by Crippen LogP contribution is 2.44. The van der Waals surface area contributed by atoms with E-state index < -0.39 is 5.60 Å². The summed E-state index contributed by atoms with van der Waals surface area (Å²) in [5.74, 6) is 0.761. The predicted molar refractivity (Wildman–Crippen MR) is 62.0 cm³/mol. The Balaban J connectivity index is 2.10. The number of benzene rings is 1. The summed E-state index contributed by atoms with van der Waals surface area (Å²) in [4.78, 5) is 0. The van der Waals surface area contributed by atoms with E-state index in [4.69, 9.17) is 4.74 Å². The first-order valence-corrected chi connectivity index (χ1v) is 5.86. The van der Waals surface area contributed by atoms with E-state index >= 15 is 0 Å². The summed E-state index contributed by atoms with van der Waals surface area (Å²) >= 11 is 0. The van der Waals surface area contributed by atoms with Gasteiger partial charge in [-0.05, 0) is 37.0 Å². The summed E-state index contributed by atoms with van der Waals surface area (Å²) in [5.41, 5.74) is 2.63. The van der Waals surface area contributed by atoms with Gasteiger partial charge in [0.1, 0.15) is 11.4 Å². The molecule has 1 N–H and O–H groups in total. The first-order chi connectivity index (χ1) is 7.70. The summed E-state index contributed by atoms with van der Waals surface area (Å²) in [6.45, 7) is 2.77. The Bertz CT molecular complexity index is 462. The van der Waals surface area contributed by atoms with Gasteiger partial charge in [-0.1, -0.05) is 23.8 Å². The molecule has 16 heavy (non-hydrogen) atoms. The number of rotatable bonds is 1. The Labute approximate surface area is 95.6 Å². The van der Waals surface area contributed by atoms with Crippen LogP contribution in [0.4, 0.5) is 0 Å². The molecule has 1 aliphatic carbocycles. The fraction of sp³-hybridized carbons (Fsp3) is 0.429. The maximum absolute atomic E-state index is 10.8. The molecule has 2 heteroatoms. The van der Waals surface area contributed by atoms with E-state index in [9.17, 15) is 5.11 Å². The molecule has 1 atom stereocenters. The van der Waals surface area contributed by atoms with Crippen LogP contribution in [0.25, 0.3) is 0 Å². The SMILES string of the molecule is Cc1ccc2c(c1)C(O)(C1=CCCO1)CC2. The predicted octanol–water partition coefficient (Wildman–Crippen LogP) is 2.43. The first-order valence-electron chi connectivity index (χ1n) is 5.86. The van der Waals surface area contributed by atoms with E-state index in [1.54, 1.807) is 0 Å². The Morgan fingerprint density at radius 2 is 2.25 bits per heavy atom. The lowest BCUT2D eigenvalue weighted by atomic mass is 9.92. The number of ether oxygens (including phenoxy) is 1. The van der Waals surface area contributed by atoms with Crippen molar-refractivity contribution < 1.29 is 9.84 Å². The Hall–Kier alpha value is -1.28. The lowest BCUT2D eigenvalue weighted by Gasteiger charge is -2.25. The third kappa shape index (κ3) is 1.30. The quantitative estimate of drug-likeness (QED) is 0.781. The number of hydrogen-bond acceptors (Lipinski definition) is 2. The smallest absolute Gasteiger partial charge is 0.147 e. The highest BCUT2D eigenvalue weighted by Gasteiger charge is 2.42. The monoisotopic (exact) mass is 216 g/mol. The topological polar surface area (TPSA) is 29.5 Å². The van der Waals surface area contributed by atoms with Gasteiger partial charge in [0.25, 0.3) is 0 Å². The standard InChI is InChI=1S/C14H16O2/c1-10-4-5-11-6-7-14(15,12(11)9-10)13-3-2-8-16-13/h3-5,9,15H,2,6-8H2,1H3. The second-order valence-corrected chi connectivity index (χ2v) is 4.73. The number of aryl methyl sites for hydroxylation is 2. The second kappa shape index (κ2) is 3.36. The molecule has 0 saturated heterocycles. The van der Waals surface area contributed by atoms with Crippen LogP contribution in [0.5, 0.6) is 0 Å². The Morgan fingerprint density at radius 1 is 1.38 bits per heavy atom. The zero-order valence-electron chi connectivity index (χ0n) is 9.49. The highest BCUT2D eigenvalue weighted by molar-refractivity contribution is 5.44. The van der Waals surface area contributed by atoms with E-state index in [0.29, 0.717) is 6.61 Å². The molecule has 2 aliphatic rings. The third-order valence-corrected chi connectivity index (χ3v) is 3.58. The van der Waals surface area contributed by atoms with Crippen LogP contribution in [-0.4, -0.2) is 11.7 Å². The van der Waals surface area contributed by atoms with Gasteiger partial charge in [0.2, 0.25) is 0 Å². The van der Waals surface area contributed by atoms with Crippen molar-refractivity contribution in [3.63, 3.8) is 0 Å². The van der Waals surface area contributed by atoms with Crippen molar-refractivity contribution in [3.8, 4) is 0 Å². The second-order valence-electron chi connectivity index (χ2n) is 4.73. The summed E-state index contributed by atoms with van der Waals surface area (Å²) in [5, 5.41) is 10.8. The number of fused-ring (bicyclic) bond motifs is 1. The average molecular weight is 216 g/mol. The van der Waals surface area contributed by atoms with Gasteiger partial charge in [-0.2, -0.15) is 0 Å². The van der Waals surface area contributed by atoms with E-state index in [-0.39, 0.29) is 0 Å². The molecule has 1 aromatic rings. The molecule has 2 nitrogen and oxygen atoms in total. The molecule has 0 spiro atoms. The van der Waals surface area contributed by atoms with Gasteiger partial charge in [-0.25, -0.2) is 0 Å². The van der Waals surface area contributed by atoms with Crippen LogP contribution in [0.2, 0.25) is 0 Å². The maximum atomic E-state index is 10.8. The molecule has 0 aromatic heterocycles. The largest absolute Gasteiger partial charge is 0.494 e. The Morgan fingerprint density at radius 3 is 3.00 bits per heavy atom. The molecular weight excluding hydrogens is 200 g/mol. The van der Waals surface area contributed by atoms with Crippen LogP contribution in [0, 0.1) is 6.92 Å². The molecule has 0 bridgehead atoms. The normalized spacial score (nSPS) is 27.5. The minimum Gasteiger partial charge on any atom is -0.494 e. The zero-order chi connectivity index (χ0) is 11.2. The van der Waals surface area contributed by atoms with Gasteiger partial charge < -0.3 is 9.84 Å². The van der Waals surface area contributed by atoms with E-state index in [1.165, 1.54) is 11.1 Å². The molecular formula is C14H16O2. The van der Waals surface area contributed by atoms with E-state index in [1.807, 2.05) is 6.08 Å². The average Bonchev–Trinajstić information content (AvgIpc) is 2.88.